The summed E-state index contributed by atoms with van der Waals surface area (Å²) in [5.74, 6) is 0.824. The Morgan fingerprint density at radius 2 is 2.00 bits per heavy atom. The van der Waals surface area contributed by atoms with E-state index in [-0.39, 0.29) is 0 Å². The molecule has 1 rings (SSSR count). The van der Waals surface area contributed by atoms with E-state index in [1.807, 2.05) is 0 Å². The average Bonchev–Trinajstić information content (AvgIpc) is 2.81. The van der Waals surface area contributed by atoms with Gasteiger partial charge in [-0.2, -0.15) is 0 Å². The molecule has 104 valence electrons. The molecule has 0 radical (unpaired) electrons. The molecule has 0 aliphatic rings. The van der Waals surface area contributed by atoms with E-state index >= 15 is 0 Å². The maximum Gasteiger partial charge on any atom is 0.0247 e. The third-order valence-electron chi connectivity index (χ3n) is 3.85. The van der Waals surface area contributed by atoms with Crippen molar-refractivity contribution in [3.8, 4) is 0 Å². The molecule has 2 N–H and O–H groups in total. The van der Waals surface area contributed by atoms with Gasteiger partial charge in [0.1, 0.15) is 0 Å². The van der Waals surface area contributed by atoms with Gasteiger partial charge in [-0.25, -0.2) is 0 Å². The predicted octanol–water partition coefficient (Wildman–Crippen LogP) is 3.98. The number of hydrogen-bond donors (Lipinski definition) is 1. The average molecular weight is 250 g/mol. The van der Waals surface area contributed by atoms with Gasteiger partial charge in [-0.1, -0.05) is 40.0 Å². The molecule has 2 atom stereocenters. The van der Waals surface area contributed by atoms with E-state index in [0.717, 1.165) is 25.3 Å². The third kappa shape index (κ3) is 5.26. The Kier molecular flexibility index (Phi) is 7.11. The maximum absolute atomic E-state index is 6.00. The summed E-state index contributed by atoms with van der Waals surface area (Å²) in [6.45, 7) is 7.89. The molecule has 2 heteroatoms. The summed E-state index contributed by atoms with van der Waals surface area (Å²) in [6, 6.07) is 2.53. The Labute approximate surface area is 113 Å². The molecule has 0 bridgehead atoms. The highest BCUT2D eigenvalue weighted by Crippen LogP contribution is 2.16. The third-order valence-corrected chi connectivity index (χ3v) is 3.85. The first kappa shape index (κ1) is 15.3. The minimum absolute atomic E-state index is 0.308. The smallest absolute Gasteiger partial charge is 0.0247 e. The molecule has 1 heterocycles. The van der Waals surface area contributed by atoms with Crippen molar-refractivity contribution in [2.75, 3.05) is 0 Å². The molecule has 0 amide bonds. The second-order valence-electron chi connectivity index (χ2n) is 5.51. The van der Waals surface area contributed by atoms with Crippen molar-refractivity contribution in [2.45, 2.75) is 71.9 Å². The van der Waals surface area contributed by atoms with E-state index in [0.29, 0.717) is 6.04 Å². The zero-order valence-corrected chi connectivity index (χ0v) is 12.4. The van der Waals surface area contributed by atoms with E-state index in [1.54, 1.807) is 0 Å². The Balaban J connectivity index is 2.46. The maximum atomic E-state index is 6.00. The van der Waals surface area contributed by atoms with Crippen LogP contribution < -0.4 is 5.73 Å². The number of nitrogens with zero attached hydrogens (tertiary/aromatic N) is 1. The number of rotatable bonds is 9. The summed E-state index contributed by atoms with van der Waals surface area (Å²) in [7, 11) is 0. The van der Waals surface area contributed by atoms with Crippen LogP contribution in [0.25, 0.3) is 0 Å². The molecule has 2 unspecified atom stereocenters. The Morgan fingerprint density at radius 1 is 1.22 bits per heavy atom. The summed E-state index contributed by atoms with van der Waals surface area (Å²) >= 11 is 0. The number of hydrogen-bond acceptors (Lipinski definition) is 1. The van der Waals surface area contributed by atoms with Gasteiger partial charge in [0.2, 0.25) is 0 Å². The van der Waals surface area contributed by atoms with Gasteiger partial charge in [0.15, 0.2) is 0 Å². The Hall–Kier alpha value is -0.760. The SMILES string of the molecule is CCCCC(CC)Cn1ccc(CC(N)CC)c1. The van der Waals surface area contributed by atoms with Crippen molar-refractivity contribution in [1.29, 1.82) is 0 Å². The molecule has 2 nitrogen and oxygen atoms in total. The van der Waals surface area contributed by atoms with Crippen molar-refractivity contribution >= 4 is 0 Å². The number of aromatic nitrogens is 1. The highest BCUT2D eigenvalue weighted by Gasteiger charge is 2.08. The van der Waals surface area contributed by atoms with Crippen molar-refractivity contribution in [1.82, 2.24) is 4.57 Å². The van der Waals surface area contributed by atoms with Crippen LogP contribution in [-0.4, -0.2) is 10.6 Å². The molecule has 0 aromatic carbocycles. The fourth-order valence-corrected chi connectivity index (χ4v) is 2.39. The van der Waals surface area contributed by atoms with E-state index in [2.05, 4.69) is 43.8 Å². The van der Waals surface area contributed by atoms with Crippen LogP contribution >= 0.6 is 0 Å². The lowest BCUT2D eigenvalue weighted by Gasteiger charge is -2.15. The molecule has 18 heavy (non-hydrogen) atoms. The Bertz CT molecular complexity index is 317. The summed E-state index contributed by atoms with van der Waals surface area (Å²) in [5, 5.41) is 0. The van der Waals surface area contributed by atoms with Gasteiger partial charge < -0.3 is 10.3 Å². The molecule has 1 aromatic heterocycles. The van der Waals surface area contributed by atoms with Gasteiger partial charge in [0.25, 0.3) is 0 Å². The van der Waals surface area contributed by atoms with Crippen molar-refractivity contribution in [3.05, 3.63) is 24.0 Å². The molecular weight excluding hydrogens is 220 g/mol. The highest BCUT2D eigenvalue weighted by atomic mass is 14.9. The van der Waals surface area contributed by atoms with Gasteiger partial charge in [0, 0.05) is 25.0 Å². The fraction of sp³-hybridized carbons (Fsp3) is 0.750. The number of unbranched alkanes of at least 4 members (excludes halogenated alkanes) is 1. The second-order valence-corrected chi connectivity index (χ2v) is 5.51. The van der Waals surface area contributed by atoms with Crippen LogP contribution in [0.1, 0.15) is 58.4 Å². The van der Waals surface area contributed by atoms with E-state index in [4.69, 9.17) is 5.73 Å². The van der Waals surface area contributed by atoms with Crippen molar-refractivity contribution in [3.63, 3.8) is 0 Å². The van der Waals surface area contributed by atoms with Crippen LogP contribution in [0.3, 0.4) is 0 Å². The Morgan fingerprint density at radius 3 is 2.61 bits per heavy atom. The molecule has 0 saturated carbocycles. The summed E-state index contributed by atoms with van der Waals surface area (Å²) in [5.41, 5.74) is 7.38. The van der Waals surface area contributed by atoms with Crippen LogP contribution in [0.5, 0.6) is 0 Å². The van der Waals surface area contributed by atoms with Gasteiger partial charge in [-0.3, -0.25) is 0 Å². The fourth-order valence-electron chi connectivity index (χ4n) is 2.39. The summed E-state index contributed by atoms with van der Waals surface area (Å²) in [6.07, 6.45) is 11.9. The van der Waals surface area contributed by atoms with Gasteiger partial charge >= 0.3 is 0 Å². The van der Waals surface area contributed by atoms with Crippen LogP contribution in [0.15, 0.2) is 18.5 Å². The van der Waals surface area contributed by atoms with Crippen LogP contribution in [0.4, 0.5) is 0 Å². The molecule has 0 saturated heterocycles. The van der Waals surface area contributed by atoms with Crippen molar-refractivity contribution < 1.29 is 0 Å². The summed E-state index contributed by atoms with van der Waals surface area (Å²) in [4.78, 5) is 0. The summed E-state index contributed by atoms with van der Waals surface area (Å²) < 4.78 is 2.35. The van der Waals surface area contributed by atoms with Gasteiger partial charge in [-0.05, 0) is 36.8 Å². The lowest BCUT2D eigenvalue weighted by atomic mass is 9.99. The molecular formula is C16H30N2. The predicted molar refractivity (Wildman–Crippen MR) is 79.7 cm³/mol. The minimum Gasteiger partial charge on any atom is -0.354 e. The molecule has 0 spiro atoms. The zero-order chi connectivity index (χ0) is 13.4. The molecule has 1 aromatic rings. The van der Waals surface area contributed by atoms with E-state index in [9.17, 15) is 0 Å². The quantitative estimate of drug-likeness (QED) is 0.706. The standard InChI is InChI=1S/C16H30N2/c1-4-7-8-14(5-2)12-18-10-9-15(13-18)11-16(17)6-3/h9-10,13-14,16H,4-8,11-12,17H2,1-3H3. The van der Waals surface area contributed by atoms with Crippen molar-refractivity contribution in [2.24, 2.45) is 11.7 Å². The minimum atomic E-state index is 0.308. The first-order valence-electron chi connectivity index (χ1n) is 7.59. The van der Waals surface area contributed by atoms with E-state index in [1.165, 1.54) is 31.2 Å². The first-order valence-corrected chi connectivity index (χ1v) is 7.59. The van der Waals surface area contributed by atoms with Crippen LogP contribution in [0, 0.1) is 5.92 Å². The van der Waals surface area contributed by atoms with Gasteiger partial charge in [0.05, 0.1) is 0 Å². The topological polar surface area (TPSA) is 30.9 Å². The monoisotopic (exact) mass is 250 g/mol. The molecule has 0 fully saturated rings. The largest absolute Gasteiger partial charge is 0.354 e. The first-order chi connectivity index (χ1) is 8.69. The highest BCUT2D eigenvalue weighted by molar-refractivity contribution is 5.11. The second kappa shape index (κ2) is 8.36. The normalized spacial score (nSPS) is 14.7. The lowest BCUT2D eigenvalue weighted by molar-refractivity contribution is 0.391. The molecule has 0 aliphatic carbocycles. The van der Waals surface area contributed by atoms with Gasteiger partial charge in [-0.15, -0.1) is 0 Å². The lowest BCUT2D eigenvalue weighted by Crippen LogP contribution is -2.21. The van der Waals surface area contributed by atoms with Crippen LogP contribution in [0.2, 0.25) is 0 Å². The molecule has 0 aliphatic heterocycles. The van der Waals surface area contributed by atoms with Crippen LogP contribution in [-0.2, 0) is 13.0 Å². The van der Waals surface area contributed by atoms with E-state index < -0.39 is 0 Å². The zero-order valence-electron chi connectivity index (χ0n) is 12.4. The number of nitrogens with two attached hydrogens (primary N) is 1.